The van der Waals surface area contributed by atoms with Gasteiger partial charge in [-0.2, -0.15) is 57.1 Å². The first-order valence-corrected chi connectivity index (χ1v) is 7.43. The summed E-state index contributed by atoms with van der Waals surface area (Å²) in [7, 11) is 0. The fourth-order valence-electron chi connectivity index (χ4n) is 2.14. The van der Waals surface area contributed by atoms with Crippen LogP contribution in [0.1, 0.15) is 18.1 Å². The van der Waals surface area contributed by atoms with Gasteiger partial charge in [0.15, 0.2) is 0 Å². The van der Waals surface area contributed by atoms with Gasteiger partial charge in [-0.1, -0.05) is 12.1 Å². The van der Waals surface area contributed by atoms with E-state index in [2.05, 4.69) is 0 Å². The van der Waals surface area contributed by atoms with E-state index >= 15 is 0 Å². The van der Waals surface area contributed by atoms with Gasteiger partial charge in [-0.05, 0) is 5.56 Å². The molecule has 178 valence electrons. The maximum atomic E-state index is 13.7. The van der Waals surface area contributed by atoms with Crippen LogP contribution in [0, 0.1) is 10.1 Å². The van der Waals surface area contributed by atoms with Gasteiger partial charge in [0.05, 0.1) is 11.0 Å². The molecule has 0 heterocycles. The number of hydrogen-bond acceptors (Lipinski definition) is 3. The number of nitro groups is 1. The van der Waals surface area contributed by atoms with Gasteiger partial charge < -0.3 is 5.11 Å². The Morgan fingerprint density at radius 1 is 0.806 bits per heavy atom. The summed E-state index contributed by atoms with van der Waals surface area (Å²) in [6.45, 7) is 0. The molecule has 0 aliphatic heterocycles. The standard InChI is InChI=1S/C14H8F13NO3/c15-9(16,5-8(29)6-2-1-3-7(4-6)28(30)31)10(17,18)11(19,20)12(21,22)13(23,24)14(25,26)27/h1-4,8,29H,5H2. The molecule has 1 aromatic rings. The molecule has 17 heteroatoms. The predicted molar refractivity (Wildman–Crippen MR) is 73.5 cm³/mol. The van der Waals surface area contributed by atoms with Crippen LogP contribution in [0.25, 0.3) is 0 Å². The molecule has 1 rings (SSSR count). The lowest BCUT2D eigenvalue weighted by molar-refractivity contribution is -0.440. The first-order valence-electron chi connectivity index (χ1n) is 7.43. The molecule has 0 saturated carbocycles. The molecule has 0 fully saturated rings. The minimum atomic E-state index is -8.04. The molecule has 0 radical (unpaired) electrons. The second-order valence-corrected chi connectivity index (χ2v) is 6.07. The molecule has 0 saturated heterocycles. The minimum absolute atomic E-state index is 0.309. The van der Waals surface area contributed by atoms with Crippen molar-refractivity contribution >= 4 is 5.69 Å². The molecular weight excluding hydrogens is 477 g/mol. The number of nitrogens with zero attached hydrogens (tertiary/aromatic N) is 1. The molecular formula is C14H8F13NO3. The Hall–Kier alpha value is -2.33. The van der Waals surface area contributed by atoms with Gasteiger partial charge in [-0.3, -0.25) is 10.1 Å². The number of alkyl halides is 13. The van der Waals surface area contributed by atoms with Gasteiger partial charge in [-0.15, -0.1) is 0 Å². The molecule has 1 unspecified atom stereocenters. The molecule has 0 spiro atoms. The predicted octanol–water partition coefficient (Wildman–Crippen LogP) is 5.76. The number of hydrogen-bond donors (Lipinski definition) is 1. The summed E-state index contributed by atoms with van der Waals surface area (Å²) in [5.41, 5.74) is -1.88. The average Bonchev–Trinajstić information content (AvgIpc) is 2.59. The number of benzene rings is 1. The van der Waals surface area contributed by atoms with Crippen LogP contribution in [-0.4, -0.2) is 45.8 Å². The number of non-ortho nitro benzene ring substituents is 1. The first kappa shape index (κ1) is 26.7. The summed E-state index contributed by atoms with van der Waals surface area (Å²) in [5, 5.41) is 20.0. The zero-order valence-electron chi connectivity index (χ0n) is 14.2. The molecule has 0 amide bonds. The van der Waals surface area contributed by atoms with Crippen molar-refractivity contribution in [3.05, 3.63) is 39.9 Å². The van der Waals surface area contributed by atoms with E-state index in [1.54, 1.807) is 0 Å². The van der Waals surface area contributed by atoms with E-state index in [0.717, 1.165) is 12.1 Å². The van der Waals surface area contributed by atoms with E-state index in [4.69, 9.17) is 0 Å². The topological polar surface area (TPSA) is 63.4 Å². The van der Waals surface area contributed by atoms with Crippen LogP contribution in [0.4, 0.5) is 62.8 Å². The van der Waals surface area contributed by atoms with Crippen LogP contribution in [0.3, 0.4) is 0 Å². The quantitative estimate of drug-likeness (QED) is 0.290. The smallest absolute Gasteiger partial charge is 0.388 e. The molecule has 0 bridgehead atoms. The lowest BCUT2D eigenvalue weighted by atomic mass is 9.90. The van der Waals surface area contributed by atoms with Gasteiger partial charge in [0, 0.05) is 18.6 Å². The summed E-state index contributed by atoms with van der Waals surface area (Å²) in [5.74, 6) is -37.9. The van der Waals surface area contributed by atoms with E-state index in [9.17, 15) is 72.3 Å². The highest BCUT2D eigenvalue weighted by atomic mass is 19.4. The second-order valence-electron chi connectivity index (χ2n) is 6.07. The van der Waals surface area contributed by atoms with Crippen LogP contribution in [0.15, 0.2) is 24.3 Å². The lowest BCUT2D eigenvalue weighted by Gasteiger charge is -2.40. The number of aliphatic hydroxyl groups excluding tert-OH is 1. The highest BCUT2D eigenvalue weighted by Crippen LogP contribution is 2.61. The Balaban J connectivity index is 3.36. The maximum Gasteiger partial charge on any atom is 0.460 e. The third-order valence-electron chi connectivity index (χ3n) is 3.91. The van der Waals surface area contributed by atoms with Crippen LogP contribution < -0.4 is 0 Å². The Morgan fingerprint density at radius 2 is 1.26 bits per heavy atom. The van der Waals surface area contributed by atoms with Crippen molar-refractivity contribution in [2.75, 3.05) is 0 Å². The third kappa shape index (κ3) is 4.23. The summed E-state index contributed by atoms with van der Waals surface area (Å²) in [6, 6.07) is 2.34. The number of nitro benzene ring substituents is 1. The fraction of sp³-hybridized carbons (Fsp3) is 0.571. The summed E-state index contributed by atoms with van der Waals surface area (Å²) in [4.78, 5) is 9.39. The normalized spacial score (nSPS) is 15.7. The van der Waals surface area contributed by atoms with E-state index in [0.29, 0.717) is 12.1 Å². The zero-order chi connectivity index (χ0) is 24.8. The monoisotopic (exact) mass is 485 g/mol. The second kappa shape index (κ2) is 7.67. The maximum absolute atomic E-state index is 13.7. The van der Waals surface area contributed by atoms with E-state index in [1.165, 1.54) is 0 Å². The van der Waals surface area contributed by atoms with Gasteiger partial charge in [0.25, 0.3) is 5.69 Å². The zero-order valence-corrected chi connectivity index (χ0v) is 14.2. The van der Waals surface area contributed by atoms with Crippen molar-refractivity contribution < 1.29 is 67.1 Å². The van der Waals surface area contributed by atoms with Crippen molar-refractivity contribution in [3.8, 4) is 0 Å². The van der Waals surface area contributed by atoms with Crippen LogP contribution >= 0.6 is 0 Å². The fourth-order valence-corrected chi connectivity index (χ4v) is 2.14. The Bertz CT molecular complexity index is 822. The molecule has 1 aromatic carbocycles. The van der Waals surface area contributed by atoms with Crippen molar-refractivity contribution in [3.63, 3.8) is 0 Å². The first-order chi connectivity index (χ1) is 13.5. The van der Waals surface area contributed by atoms with Crippen LogP contribution in [0.5, 0.6) is 0 Å². The summed E-state index contributed by atoms with van der Waals surface area (Å²) < 4.78 is 169. The largest absolute Gasteiger partial charge is 0.460 e. The van der Waals surface area contributed by atoms with Crippen molar-refractivity contribution in [2.24, 2.45) is 0 Å². The Labute approximate surface area is 162 Å². The van der Waals surface area contributed by atoms with Gasteiger partial charge in [-0.25, -0.2) is 0 Å². The molecule has 1 atom stereocenters. The number of aliphatic hydroxyl groups is 1. The average molecular weight is 485 g/mol. The molecule has 0 aliphatic carbocycles. The molecule has 31 heavy (non-hydrogen) atoms. The summed E-state index contributed by atoms with van der Waals surface area (Å²) >= 11 is 0. The van der Waals surface area contributed by atoms with Crippen molar-refractivity contribution in [1.29, 1.82) is 0 Å². The van der Waals surface area contributed by atoms with Crippen LogP contribution in [-0.2, 0) is 0 Å². The molecule has 4 nitrogen and oxygen atoms in total. The number of rotatable bonds is 8. The van der Waals surface area contributed by atoms with Crippen LogP contribution in [0.2, 0.25) is 0 Å². The molecule has 1 N–H and O–H groups in total. The van der Waals surface area contributed by atoms with Gasteiger partial charge >= 0.3 is 35.8 Å². The van der Waals surface area contributed by atoms with E-state index < -0.39 is 64.5 Å². The van der Waals surface area contributed by atoms with Crippen molar-refractivity contribution in [2.45, 2.75) is 48.3 Å². The van der Waals surface area contributed by atoms with Crippen molar-refractivity contribution in [1.82, 2.24) is 0 Å². The SMILES string of the molecule is O=[N+]([O-])c1cccc(C(O)CC(F)(F)C(F)(F)C(F)(F)C(F)(F)C(F)(F)C(F)(F)F)c1. The molecule has 0 aliphatic rings. The highest BCUT2D eigenvalue weighted by Gasteiger charge is 2.90. The summed E-state index contributed by atoms with van der Waals surface area (Å²) in [6.07, 6.45) is -13.4. The minimum Gasteiger partial charge on any atom is -0.388 e. The Kier molecular flexibility index (Phi) is 6.60. The van der Waals surface area contributed by atoms with Gasteiger partial charge in [0.1, 0.15) is 0 Å². The molecule has 0 aromatic heterocycles. The highest BCUT2D eigenvalue weighted by molar-refractivity contribution is 5.35. The van der Waals surface area contributed by atoms with E-state index in [1.807, 2.05) is 0 Å². The lowest BCUT2D eigenvalue weighted by Crippen LogP contribution is -2.70. The number of halogens is 13. The van der Waals surface area contributed by atoms with Gasteiger partial charge in [0.2, 0.25) is 0 Å². The Morgan fingerprint density at radius 3 is 1.68 bits per heavy atom. The third-order valence-corrected chi connectivity index (χ3v) is 3.91. The van der Waals surface area contributed by atoms with E-state index in [-0.39, 0.29) is 0 Å².